The van der Waals surface area contributed by atoms with E-state index in [4.69, 9.17) is 21.1 Å². The highest BCUT2D eigenvalue weighted by atomic mass is 35.5. The molecule has 0 aromatic heterocycles. The number of esters is 1. The molecular formula is C25H29ClN4O4. The molecule has 2 N–H and O–H groups in total. The van der Waals surface area contributed by atoms with Crippen LogP contribution in [0.15, 0.2) is 53.7 Å². The van der Waals surface area contributed by atoms with E-state index in [-0.39, 0.29) is 6.03 Å². The Labute approximate surface area is 204 Å². The van der Waals surface area contributed by atoms with E-state index in [0.717, 1.165) is 42.5 Å². The third-order valence-electron chi connectivity index (χ3n) is 6.25. The van der Waals surface area contributed by atoms with Gasteiger partial charge in [-0.2, -0.15) is 0 Å². The Morgan fingerprint density at radius 3 is 2.59 bits per heavy atom. The summed E-state index contributed by atoms with van der Waals surface area (Å²) in [4.78, 5) is 29.9. The summed E-state index contributed by atoms with van der Waals surface area (Å²) in [5.74, 6) is 0.159. The number of carbonyl (C=O) groups excluding carboxylic acids is 2. The number of methoxy groups -OCH3 is 2. The molecule has 1 atom stereocenters. The zero-order valence-electron chi connectivity index (χ0n) is 19.6. The Kier molecular flexibility index (Phi) is 7.29. The van der Waals surface area contributed by atoms with Crippen LogP contribution in [0, 0.1) is 6.92 Å². The van der Waals surface area contributed by atoms with Gasteiger partial charge in [-0.3, -0.25) is 4.90 Å². The van der Waals surface area contributed by atoms with E-state index in [0.29, 0.717) is 23.6 Å². The molecule has 2 aromatic carbocycles. The highest BCUT2D eigenvalue weighted by Crippen LogP contribution is 2.30. The normalized spacial score (nSPS) is 18.9. The quantitative estimate of drug-likeness (QED) is 0.612. The minimum Gasteiger partial charge on any atom is -0.497 e. The lowest BCUT2D eigenvalue weighted by Gasteiger charge is -2.38. The van der Waals surface area contributed by atoms with Crippen LogP contribution in [0.25, 0.3) is 0 Å². The van der Waals surface area contributed by atoms with E-state index in [1.54, 1.807) is 7.11 Å². The van der Waals surface area contributed by atoms with Crippen molar-refractivity contribution in [2.75, 3.05) is 51.8 Å². The molecule has 2 aromatic rings. The van der Waals surface area contributed by atoms with Gasteiger partial charge in [0, 0.05) is 49.1 Å². The summed E-state index contributed by atoms with van der Waals surface area (Å²) >= 11 is 6.21. The van der Waals surface area contributed by atoms with Gasteiger partial charge in [0.1, 0.15) is 5.75 Å². The molecule has 2 heterocycles. The lowest BCUT2D eigenvalue weighted by atomic mass is 9.94. The van der Waals surface area contributed by atoms with Crippen molar-refractivity contribution in [2.24, 2.45) is 0 Å². The third kappa shape index (κ3) is 5.13. The first-order valence-electron chi connectivity index (χ1n) is 11.2. The molecule has 0 radical (unpaired) electrons. The Morgan fingerprint density at radius 2 is 1.88 bits per heavy atom. The smallest absolute Gasteiger partial charge is 0.338 e. The summed E-state index contributed by atoms with van der Waals surface area (Å²) in [5, 5.41) is 6.41. The highest BCUT2D eigenvalue weighted by molar-refractivity contribution is 6.30. The van der Waals surface area contributed by atoms with E-state index >= 15 is 0 Å². The SMILES string of the molecule is COC(=O)C1=C(CN2CCN(c3cc(Cl)ccc3C)CC2)NC(=O)NC1c1cccc(OC)c1. The summed E-state index contributed by atoms with van der Waals surface area (Å²) in [6.07, 6.45) is 0. The van der Waals surface area contributed by atoms with Gasteiger partial charge in [0.05, 0.1) is 25.8 Å². The second-order valence-electron chi connectivity index (χ2n) is 8.39. The summed E-state index contributed by atoms with van der Waals surface area (Å²) in [6, 6.07) is 12.2. The van der Waals surface area contributed by atoms with Crippen LogP contribution < -0.4 is 20.3 Å². The van der Waals surface area contributed by atoms with Crippen LogP contribution in [0.5, 0.6) is 5.75 Å². The number of amides is 2. The van der Waals surface area contributed by atoms with Gasteiger partial charge in [0.15, 0.2) is 0 Å². The van der Waals surface area contributed by atoms with E-state index in [9.17, 15) is 9.59 Å². The molecule has 1 unspecified atom stereocenters. The van der Waals surface area contributed by atoms with Crippen LogP contribution in [0.2, 0.25) is 5.02 Å². The second kappa shape index (κ2) is 10.4. The van der Waals surface area contributed by atoms with Crippen molar-refractivity contribution in [3.63, 3.8) is 0 Å². The van der Waals surface area contributed by atoms with Crippen LogP contribution >= 0.6 is 11.6 Å². The number of piperazine rings is 1. The Balaban J connectivity index is 1.56. The highest BCUT2D eigenvalue weighted by Gasteiger charge is 2.34. The number of carbonyl (C=O) groups is 2. The van der Waals surface area contributed by atoms with Crippen molar-refractivity contribution >= 4 is 29.3 Å². The molecule has 0 bridgehead atoms. The maximum atomic E-state index is 12.8. The van der Waals surface area contributed by atoms with Crippen LogP contribution in [0.1, 0.15) is 17.2 Å². The molecule has 34 heavy (non-hydrogen) atoms. The number of anilines is 1. The zero-order valence-corrected chi connectivity index (χ0v) is 20.3. The number of urea groups is 1. The molecule has 1 fully saturated rings. The maximum Gasteiger partial charge on any atom is 0.338 e. The lowest BCUT2D eigenvalue weighted by Crippen LogP contribution is -2.51. The average molecular weight is 485 g/mol. The van der Waals surface area contributed by atoms with E-state index < -0.39 is 12.0 Å². The molecule has 9 heteroatoms. The van der Waals surface area contributed by atoms with Crippen molar-refractivity contribution in [2.45, 2.75) is 13.0 Å². The number of nitrogens with one attached hydrogen (secondary N) is 2. The van der Waals surface area contributed by atoms with Gasteiger partial charge in [-0.1, -0.05) is 29.8 Å². The van der Waals surface area contributed by atoms with Crippen molar-refractivity contribution in [3.8, 4) is 5.75 Å². The van der Waals surface area contributed by atoms with Crippen LogP contribution in [0.4, 0.5) is 10.5 Å². The van der Waals surface area contributed by atoms with Crippen LogP contribution in [0.3, 0.4) is 0 Å². The Hall–Kier alpha value is -3.23. The summed E-state index contributed by atoms with van der Waals surface area (Å²) < 4.78 is 10.4. The molecule has 2 aliphatic rings. The maximum absolute atomic E-state index is 12.8. The van der Waals surface area contributed by atoms with E-state index in [2.05, 4.69) is 27.4 Å². The second-order valence-corrected chi connectivity index (χ2v) is 8.82. The van der Waals surface area contributed by atoms with Crippen molar-refractivity contribution in [3.05, 3.63) is 69.9 Å². The number of hydrogen-bond acceptors (Lipinski definition) is 6. The number of nitrogens with zero attached hydrogens (tertiary/aromatic N) is 2. The fraction of sp³-hybridized carbons (Fsp3) is 0.360. The number of hydrogen-bond donors (Lipinski definition) is 2. The molecular weight excluding hydrogens is 456 g/mol. The Bertz CT molecular complexity index is 1110. The van der Waals surface area contributed by atoms with Gasteiger partial charge < -0.3 is 25.0 Å². The van der Waals surface area contributed by atoms with Crippen molar-refractivity contribution in [1.29, 1.82) is 0 Å². The molecule has 8 nitrogen and oxygen atoms in total. The van der Waals surface area contributed by atoms with Crippen LogP contribution in [-0.2, 0) is 9.53 Å². The van der Waals surface area contributed by atoms with E-state index in [1.165, 1.54) is 12.7 Å². The first kappa shape index (κ1) is 23.9. The topological polar surface area (TPSA) is 83.1 Å². The van der Waals surface area contributed by atoms with E-state index in [1.807, 2.05) is 42.5 Å². The molecule has 4 rings (SSSR count). The molecule has 180 valence electrons. The summed E-state index contributed by atoms with van der Waals surface area (Å²) in [5.41, 5.74) is 4.00. The summed E-state index contributed by atoms with van der Waals surface area (Å²) in [7, 11) is 2.92. The molecule has 0 spiro atoms. The fourth-order valence-electron chi connectivity index (χ4n) is 4.46. The van der Waals surface area contributed by atoms with Crippen LogP contribution in [-0.4, -0.2) is 63.8 Å². The number of rotatable bonds is 6. The summed E-state index contributed by atoms with van der Waals surface area (Å²) in [6.45, 7) is 5.69. The standard InChI is InChI=1S/C25H29ClN4O4/c1-16-7-8-18(26)14-21(16)30-11-9-29(10-12-30)15-20-22(24(31)34-3)23(28-25(32)27-20)17-5-4-6-19(13-17)33-2/h4-8,13-14,23H,9-12,15H2,1-3H3,(H2,27,28,32). The number of ether oxygens (including phenoxy) is 2. The first-order valence-corrected chi connectivity index (χ1v) is 11.5. The van der Waals surface area contributed by atoms with Gasteiger partial charge >= 0.3 is 12.0 Å². The monoisotopic (exact) mass is 484 g/mol. The predicted octanol–water partition coefficient (Wildman–Crippen LogP) is 3.26. The minimum atomic E-state index is -0.637. The predicted molar refractivity (Wildman–Crippen MR) is 131 cm³/mol. The van der Waals surface area contributed by atoms with Gasteiger partial charge in [-0.15, -0.1) is 0 Å². The minimum absolute atomic E-state index is 0.358. The first-order chi connectivity index (χ1) is 16.4. The molecule has 0 saturated carbocycles. The number of halogens is 1. The fourth-order valence-corrected chi connectivity index (χ4v) is 4.62. The largest absolute Gasteiger partial charge is 0.497 e. The van der Waals surface area contributed by atoms with Gasteiger partial charge in [0.2, 0.25) is 0 Å². The number of benzene rings is 2. The van der Waals surface area contributed by atoms with Gasteiger partial charge in [0.25, 0.3) is 0 Å². The van der Waals surface area contributed by atoms with Crippen molar-refractivity contribution < 1.29 is 19.1 Å². The lowest BCUT2D eigenvalue weighted by molar-refractivity contribution is -0.136. The van der Waals surface area contributed by atoms with Crippen molar-refractivity contribution in [1.82, 2.24) is 15.5 Å². The Morgan fingerprint density at radius 1 is 1.12 bits per heavy atom. The average Bonchev–Trinajstić information content (AvgIpc) is 2.85. The zero-order chi connectivity index (χ0) is 24.2. The number of aryl methyl sites for hydroxylation is 1. The molecule has 1 saturated heterocycles. The van der Waals surface area contributed by atoms with Gasteiger partial charge in [-0.05, 0) is 42.3 Å². The molecule has 2 aliphatic heterocycles. The molecule has 2 amide bonds. The third-order valence-corrected chi connectivity index (χ3v) is 6.49. The molecule has 0 aliphatic carbocycles. The van der Waals surface area contributed by atoms with Gasteiger partial charge in [-0.25, -0.2) is 9.59 Å².